The Hall–Kier alpha value is -1.66. The first-order valence-corrected chi connectivity index (χ1v) is 5.86. The number of hydrogen-bond donors (Lipinski definition) is 2. The zero-order valence-corrected chi connectivity index (χ0v) is 12.9. The zero-order valence-electron chi connectivity index (χ0n) is 12.1. The zero-order chi connectivity index (χ0) is 14.4. The number of methoxy groups -OCH3 is 3. The van der Waals surface area contributed by atoms with E-state index in [9.17, 15) is 4.79 Å². The Bertz CT molecular complexity index is 452. The van der Waals surface area contributed by atoms with Gasteiger partial charge in [0.05, 0.1) is 27.4 Å². The highest BCUT2D eigenvalue weighted by atomic mass is 35.5. The van der Waals surface area contributed by atoms with Crippen LogP contribution in [0.25, 0.3) is 0 Å². The molecule has 0 aliphatic carbocycles. The van der Waals surface area contributed by atoms with E-state index in [4.69, 9.17) is 19.9 Å². The van der Waals surface area contributed by atoms with Crippen molar-refractivity contribution in [2.24, 2.45) is 5.73 Å². The van der Waals surface area contributed by atoms with E-state index in [0.717, 1.165) is 5.56 Å². The number of nitrogens with one attached hydrogen (secondary N) is 1. The van der Waals surface area contributed by atoms with Gasteiger partial charge in [-0.1, -0.05) is 0 Å². The number of hydrogen-bond acceptors (Lipinski definition) is 5. The molecule has 0 aliphatic heterocycles. The quantitative estimate of drug-likeness (QED) is 0.822. The Kier molecular flexibility index (Phi) is 7.79. The monoisotopic (exact) mass is 304 g/mol. The van der Waals surface area contributed by atoms with Gasteiger partial charge >= 0.3 is 0 Å². The molecule has 3 N–H and O–H groups in total. The smallest absolute Gasteiger partial charge is 0.236 e. The van der Waals surface area contributed by atoms with Crippen LogP contribution in [0, 0.1) is 0 Å². The lowest BCUT2D eigenvalue weighted by atomic mass is 10.1. The van der Waals surface area contributed by atoms with Crippen molar-refractivity contribution in [2.75, 3.05) is 21.3 Å². The Labute approximate surface area is 125 Å². The lowest BCUT2D eigenvalue weighted by Crippen LogP contribution is -2.37. The molecule has 20 heavy (non-hydrogen) atoms. The van der Waals surface area contributed by atoms with Crippen LogP contribution in [0.4, 0.5) is 0 Å². The molecule has 6 nitrogen and oxygen atoms in total. The van der Waals surface area contributed by atoms with Crippen LogP contribution in [0.15, 0.2) is 12.1 Å². The number of ether oxygens (including phenoxy) is 3. The molecule has 0 aliphatic rings. The van der Waals surface area contributed by atoms with E-state index in [-0.39, 0.29) is 18.3 Å². The Morgan fingerprint density at radius 2 is 1.80 bits per heavy atom. The maximum Gasteiger partial charge on any atom is 0.236 e. The Morgan fingerprint density at radius 1 is 1.20 bits per heavy atom. The standard InChI is InChI=1S/C13H20N2O4.ClH/c1-8(14)13(16)15-7-9-5-6-10(17-2)12(19-4)11(9)18-3;/h5-6,8H,7,14H2,1-4H3,(H,15,16);1H/t8-;/m1./s1. The maximum atomic E-state index is 11.5. The third-order valence-corrected chi connectivity index (χ3v) is 2.65. The molecule has 0 bridgehead atoms. The van der Waals surface area contributed by atoms with E-state index >= 15 is 0 Å². The van der Waals surface area contributed by atoms with Gasteiger partial charge in [0.1, 0.15) is 0 Å². The van der Waals surface area contributed by atoms with Gasteiger partial charge < -0.3 is 25.3 Å². The van der Waals surface area contributed by atoms with Gasteiger partial charge in [0.15, 0.2) is 11.5 Å². The van der Waals surface area contributed by atoms with Gasteiger partial charge in [0, 0.05) is 12.1 Å². The third-order valence-electron chi connectivity index (χ3n) is 2.65. The van der Waals surface area contributed by atoms with Gasteiger partial charge in [-0.3, -0.25) is 4.79 Å². The van der Waals surface area contributed by atoms with Crippen LogP contribution < -0.4 is 25.3 Å². The molecule has 0 aromatic heterocycles. The van der Waals surface area contributed by atoms with Gasteiger partial charge in [-0.15, -0.1) is 12.4 Å². The van der Waals surface area contributed by atoms with Gasteiger partial charge in [0.2, 0.25) is 11.7 Å². The molecule has 1 rings (SSSR count). The summed E-state index contributed by atoms with van der Waals surface area (Å²) in [5, 5.41) is 2.72. The number of benzene rings is 1. The first kappa shape index (κ1) is 18.3. The number of amides is 1. The summed E-state index contributed by atoms with van der Waals surface area (Å²) >= 11 is 0. The second kappa shape index (κ2) is 8.50. The van der Waals surface area contributed by atoms with Crippen molar-refractivity contribution < 1.29 is 19.0 Å². The van der Waals surface area contributed by atoms with Crippen LogP contribution in [0.3, 0.4) is 0 Å². The topological polar surface area (TPSA) is 82.8 Å². The molecule has 114 valence electrons. The molecule has 0 saturated heterocycles. The second-order valence-corrected chi connectivity index (χ2v) is 4.00. The number of rotatable bonds is 6. The number of carbonyl (C=O) groups excluding carboxylic acids is 1. The molecule has 1 atom stereocenters. The van der Waals surface area contributed by atoms with Gasteiger partial charge in [-0.25, -0.2) is 0 Å². The summed E-state index contributed by atoms with van der Waals surface area (Å²) in [6.45, 7) is 1.94. The molecule has 0 spiro atoms. The fourth-order valence-corrected chi connectivity index (χ4v) is 1.65. The minimum absolute atomic E-state index is 0. The van der Waals surface area contributed by atoms with E-state index in [0.29, 0.717) is 23.8 Å². The molecule has 0 radical (unpaired) electrons. The summed E-state index contributed by atoms with van der Waals surface area (Å²) in [5.74, 6) is 1.38. The number of nitrogens with two attached hydrogens (primary N) is 1. The van der Waals surface area contributed by atoms with Crippen molar-refractivity contribution in [3.63, 3.8) is 0 Å². The van der Waals surface area contributed by atoms with Crippen LogP contribution in [0.5, 0.6) is 17.2 Å². The Morgan fingerprint density at radius 3 is 2.25 bits per heavy atom. The van der Waals surface area contributed by atoms with Crippen molar-refractivity contribution in [2.45, 2.75) is 19.5 Å². The van der Waals surface area contributed by atoms with E-state index < -0.39 is 6.04 Å². The number of carbonyl (C=O) groups is 1. The molecule has 1 amide bonds. The fraction of sp³-hybridized carbons (Fsp3) is 0.462. The predicted octanol–water partition coefficient (Wildman–Crippen LogP) is 1.10. The third kappa shape index (κ3) is 4.18. The average Bonchev–Trinajstić information content (AvgIpc) is 2.42. The second-order valence-electron chi connectivity index (χ2n) is 4.00. The molecular weight excluding hydrogens is 284 g/mol. The summed E-state index contributed by atoms with van der Waals surface area (Å²) in [7, 11) is 4.62. The van der Waals surface area contributed by atoms with E-state index in [2.05, 4.69) is 5.32 Å². The Balaban J connectivity index is 0.00000361. The molecule has 0 fully saturated rings. The van der Waals surface area contributed by atoms with Gasteiger partial charge in [-0.05, 0) is 19.1 Å². The molecule has 0 heterocycles. The van der Waals surface area contributed by atoms with Crippen LogP contribution in [0.2, 0.25) is 0 Å². The first-order chi connectivity index (χ1) is 9.04. The maximum absolute atomic E-state index is 11.5. The molecule has 7 heteroatoms. The van der Waals surface area contributed by atoms with Crippen LogP contribution in [-0.2, 0) is 11.3 Å². The molecule has 0 saturated carbocycles. The highest BCUT2D eigenvalue weighted by molar-refractivity contribution is 5.85. The lowest BCUT2D eigenvalue weighted by Gasteiger charge is -2.16. The highest BCUT2D eigenvalue weighted by Gasteiger charge is 2.16. The predicted molar refractivity (Wildman–Crippen MR) is 78.8 cm³/mol. The molecule has 1 aromatic rings. The lowest BCUT2D eigenvalue weighted by molar-refractivity contribution is -0.122. The summed E-state index contributed by atoms with van der Waals surface area (Å²) in [5.41, 5.74) is 6.27. The minimum Gasteiger partial charge on any atom is -0.493 e. The summed E-state index contributed by atoms with van der Waals surface area (Å²) in [6.07, 6.45) is 0. The van der Waals surface area contributed by atoms with Crippen molar-refractivity contribution in [3.8, 4) is 17.2 Å². The van der Waals surface area contributed by atoms with E-state index in [1.54, 1.807) is 20.1 Å². The van der Waals surface area contributed by atoms with Crippen molar-refractivity contribution >= 4 is 18.3 Å². The van der Waals surface area contributed by atoms with Crippen LogP contribution >= 0.6 is 12.4 Å². The fourth-order valence-electron chi connectivity index (χ4n) is 1.65. The van der Waals surface area contributed by atoms with E-state index in [1.165, 1.54) is 14.2 Å². The number of halogens is 1. The summed E-state index contributed by atoms with van der Waals surface area (Å²) in [4.78, 5) is 11.5. The van der Waals surface area contributed by atoms with E-state index in [1.807, 2.05) is 6.07 Å². The normalized spacial score (nSPS) is 11.1. The van der Waals surface area contributed by atoms with Gasteiger partial charge in [-0.2, -0.15) is 0 Å². The van der Waals surface area contributed by atoms with Crippen molar-refractivity contribution in [1.29, 1.82) is 0 Å². The van der Waals surface area contributed by atoms with Crippen LogP contribution in [0.1, 0.15) is 12.5 Å². The largest absolute Gasteiger partial charge is 0.493 e. The van der Waals surface area contributed by atoms with Crippen molar-refractivity contribution in [3.05, 3.63) is 17.7 Å². The molecule has 1 aromatic carbocycles. The molecular formula is C13H21ClN2O4. The summed E-state index contributed by atoms with van der Waals surface area (Å²) in [6, 6.07) is 3.02. The first-order valence-electron chi connectivity index (χ1n) is 5.86. The SMILES string of the molecule is COc1ccc(CNC(=O)[C@@H](C)N)c(OC)c1OC.Cl. The molecule has 0 unspecified atom stereocenters. The summed E-state index contributed by atoms with van der Waals surface area (Å²) < 4.78 is 15.8. The van der Waals surface area contributed by atoms with Gasteiger partial charge in [0.25, 0.3) is 0 Å². The van der Waals surface area contributed by atoms with Crippen molar-refractivity contribution in [1.82, 2.24) is 5.32 Å². The average molecular weight is 305 g/mol. The minimum atomic E-state index is -0.550. The van der Waals surface area contributed by atoms with Crippen LogP contribution in [-0.4, -0.2) is 33.3 Å². The highest BCUT2D eigenvalue weighted by Crippen LogP contribution is 2.39.